The Morgan fingerprint density at radius 1 is 1.00 bits per heavy atom. The van der Waals surface area contributed by atoms with Crippen molar-refractivity contribution in [2.24, 2.45) is 5.41 Å². The van der Waals surface area contributed by atoms with E-state index in [1.165, 1.54) is 32.5 Å². The summed E-state index contributed by atoms with van der Waals surface area (Å²) in [5, 5.41) is 0. The summed E-state index contributed by atoms with van der Waals surface area (Å²) in [4.78, 5) is 2.57. The monoisotopic (exact) mass is 171 g/mol. The number of likely N-dealkylation sites (tertiary alicyclic amines) is 1. The van der Waals surface area contributed by atoms with E-state index in [-0.39, 0.29) is 0 Å². The second kappa shape index (κ2) is 5.58. The van der Waals surface area contributed by atoms with Crippen LogP contribution in [0.15, 0.2) is 0 Å². The smallest absolute Gasteiger partial charge is 0.00300 e. The summed E-state index contributed by atoms with van der Waals surface area (Å²) >= 11 is 0. The fraction of sp³-hybridized carbons (Fsp3) is 1.00. The van der Waals surface area contributed by atoms with Crippen LogP contribution in [0.2, 0.25) is 0 Å². The molecular formula is C11H25N. The number of hydrogen-bond acceptors (Lipinski definition) is 1. The maximum atomic E-state index is 2.57. The molecule has 0 atom stereocenters. The molecule has 0 aromatic heterocycles. The van der Waals surface area contributed by atoms with Crippen LogP contribution in [-0.4, -0.2) is 24.5 Å². The van der Waals surface area contributed by atoms with Crippen LogP contribution in [0, 0.1) is 5.41 Å². The third-order valence-electron chi connectivity index (χ3n) is 1.90. The van der Waals surface area contributed by atoms with E-state index in [2.05, 4.69) is 25.7 Å². The minimum absolute atomic E-state index is 0.490. The third-order valence-corrected chi connectivity index (χ3v) is 1.90. The van der Waals surface area contributed by atoms with Gasteiger partial charge in [0, 0.05) is 6.54 Å². The third kappa shape index (κ3) is 5.59. The van der Waals surface area contributed by atoms with Gasteiger partial charge in [-0.2, -0.15) is 0 Å². The lowest BCUT2D eigenvalue weighted by Gasteiger charge is -2.25. The summed E-state index contributed by atoms with van der Waals surface area (Å²) in [6, 6.07) is 0. The summed E-state index contributed by atoms with van der Waals surface area (Å²) in [6.45, 7) is 14.9. The first-order valence-corrected chi connectivity index (χ1v) is 5.30. The minimum atomic E-state index is 0.490. The summed E-state index contributed by atoms with van der Waals surface area (Å²) in [5.41, 5.74) is 0.490. The van der Waals surface area contributed by atoms with Crippen molar-refractivity contribution in [3.8, 4) is 0 Å². The maximum Gasteiger partial charge on any atom is 0.00300 e. The van der Waals surface area contributed by atoms with Gasteiger partial charge in [-0.1, -0.05) is 34.6 Å². The minimum Gasteiger partial charge on any atom is -0.303 e. The fourth-order valence-electron chi connectivity index (χ4n) is 1.61. The van der Waals surface area contributed by atoms with Gasteiger partial charge in [0.2, 0.25) is 0 Å². The Morgan fingerprint density at radius 2 is 1.42 bits per heavy atom. The van der Waals surface area contributed by atoms with Gasteiger partial charge in [-0.15, -0.1) is 0 Å². The van der Waals surface area contributed by atoms with Crippen molar-refractivity contribution < 1.29 is 0 Å². The first-order valence-electron chi connectivity index (χ1n) is 5.30. The average molecular weight is 171 g/mol. The van der Waals surface area contributed by atoms with Crippen molar-refractivity contribution in [2.45, 2.75) is 47.5 Å². The lowest BCUT2D eigenvalue weighted by atomic mass is 9.96. The predicted molar refractivity (Wildman–Crippen MR) is 56.5 cm³/mol. The van der Waals surface area contributed by atoms with E-state index in [0.29, 0.717) is 5.41 Å². The highest BCUT2D eigenvalue weighted by Crippen LogP contribution is 2.18. The molecule has 0 spiro atoms. The van der Waals surface area contributed by atoms with Gasteiger partial charge in [0.1, 0.15) is 0 Å². The predicted octanol–water partition coefficient (Wildman–Crippen LogP) is 3.15. The van der Waals surface area contributed by atoms with E-state index in [1.807, 2.05) is 13.8 Å². The molecule has 0 aromatic rings. The van der Waals surface area contributed by atoms with Crippen LogP contribution in [0.5, 0.6) is 0 Å². The molecule has 1 fully saturated rings. The highest BCUT2D eigenvalue weighted by Gasteiger charge is 2.18. The molecule has 1 heteroatoms. The summed E-state index contributed by atoms with van der Waals surface area (Å²) in [7, 11) is 0. The van der Waals surface area contributed by atoms with Crippen LogP contribution in [0.25, 0.3) is 0 Å². The zero-order valence-corrected chi connectivity index (χ0v) is 9.48. The van der Waals surface area contributed by atoms with E-state index in [1.54, 1.807) is 0 Å². The number of rotatable bonds is 1. The Kier molecular flexibility index (Phi) is 5.56. The van der Waals surface area contributed by atoms with Crippen molar-refractivity contribution in [1.82, 2.24) is 4.90 Å². The fourth-order valence-corrected chi connectivity index (χ4v) is 1.61. The standard InChI is InChI=1S/C9H19N.C2H6/c1-9(2,3)8-10-6-4-5-7-10;1-2/h4-8H2,1-3H3;1-2H3. The van der Waals surface area contributed by atoms with E-state index >= 15 is 0 Å². The zero-order valence-electron chi connectivity index (χ0n) is 9.48. The number of nitrogens with zero attached hydrogens (tertiary/aromatic N) is 1. The van der Waals surface area contributed by atoms with Gasteiger partial charge < -0.3 is 4.90 Å². The maximum absolute atomic E-state index is 2.57. The molecule has 1 aliphatic rings. The van der Waals surface area contributed by atoms with Gasteiger partial charge >= 0.3 is 0 Å². The molecular weight excluding hydrogens is 146 g/mol. The van der Waals surface area contributed by atoms with Crippen LogP contribution in [-0.2, 0) is 0 Å². The van der Waals surface area contributed by atoms with Gasteiger partial charge in [-0.3, -0.25) is 0 Å². The Hall–Kier alpha value is -0.0400. The number of hydrogen-bond donors (Lipinski definition) is 0. The molecule has 0 saturated carbocycles. The topological polar surface area (TPSA) is 3.24 Å². The van der Waals surface area contributed by atoms with Gasteiger partial charge in [0.25, 0.3) is 0 Å². The summed E-state index contributed by atoms with van der Waals surface area (Å²) in [5.74, 6) is 0. The second-order valence-corrected chi connectivity index (χ2v) is 4.54. The summed E-state index contributed by atoms with van der Waals surface area (Å²) < 4.78 is 0. The lowest BCUT2D eigenvalue weighted by Crippen LogP contribution is -2.29. The highest BCUT2D eigenvalue weighted by atomic mass is 15.1. The van der Waals surface area contributed by atoms with E-state index in [0.717, 1.165) is 0 Å². The SMILES string of the molecule is CC.CC(C)(C)CN1CCCC1. The van der Waals surface area contributed by atoms with Crippen molar-refractivity contribution in [1.29, 1.82) is 0 Å². The van der Waals surface area contributed by atoms with Crippen LogP contribution in [0.4, 0.5) is 0 Å². The molecule has 0 radical (unpaired) electrons. The largest absolute Gasteiger partial charge is 0.303 e. The van der Waals surface area contributed by atoms with E-state index < -0.39 is 0 Å². The normalized spacial score (nSPS) is 18.8. The van der Waals surface area contributed by atoms with Crippen LogP contribution in [0.3, 0.4) is 0 Å². The Balaban J connectivity index is 0.000000561. The second-order valence-electron chi connectivity index (χ2n) is 4.54. The van der Waals surface area contributed by atoms with Gasteiger partial charge in [-0.05, 0) is 31.3 Å². The van der Waals surface area contributed by atoms with Gasteiger partial charge in [0.15, 0.2) is 0 Å². The average Bonchev–Trinajstić information content (AvgIpc) is 2.41. The molecule has 0 bridgehead atoms. The first-order chi connectivity index (χ1) is 5.58. The molecule has 1 heterocycles. The van der Waals surface area contributed by atoms with Crippen LogP contribution in [0.1, 0.15) is 47.5 Å². The Bertz CT molecular complexity index is 96.1. The van der Waals surface area contributed by atoms with Crippen molar-refractivity contribution in [3.63, 3.8) is 0 Å². The van der Waals surface area contributed by atoms with Crippen molar-refractivity contribution in [2.75, 3.05) is 19.6 Å². The quantitative estimate of drug-likeness (QED) is 0.586. The molecule has 0 aromatic carbocycles. The van der Waals surface area contributed by atoms with Crippen LogP contribution >= 0.6 is 0 Å². The molecule has 0 amide bonds. The molecule has 1 rings (SSSR count). The molecule has 1 saturated heterocycles. The molecule has 12 heavy (non-hydrogen) atoms. The molecule has 1 nitrogen and oxygen atoms in total. The van der Waals surface area contributed by atoms with E-state index in [4.69, 9.17) is 0 Å². The first kappa shape index (κ1) is 12.0. The Labute approximate surface area is 78.1 Å². The zero-order chi connectivity index (χ0) is 9.61. The van der Waals surface area contributed by atoms with Crippen LogP contribution < -0.4 is 0 Å². The van der Waals surface area contributed by atoms with Gasteiger partial charge in [0.05, 0.1) is 0 Å². The molecule has 0 N–H and O–H groups in total. The summed E-state index contributed by atoms with van der Waals surface area (Å²) in [6.07, 6.45) is 2.83. The van der Waals surface area contributed by atoms with E-state index in [9.17, 15) is 0 Å². The highest BCUT2D eigenvalue weighted by molar-refractivity contribution is 4.72. The molecule has 74 valence electrons. The Morgan fingerprint density at radius 3 is 1.75 bits per heavy atom. The van der Waals surface area contributed by atoms with Crippen molar-refractivity contribution >= 4 is 0 Å². The molecule has 0 unspecified atom stereocenters. The molecule has 1 aliphatic heterocycles. The lowest BCUT2D eigenvalue weighted by molar-refractivity contribution is 0.227. The molecule has 0 aliphatic carbocycles. The van der Waals surface area contributed by atoms with Crippen molar-refractivity contribution in [3.05, 3.63) is 0 Å². The van der Waals surface area contributed by atoms with Gasteiger partial charge in [-0.25, -0.2) is 0 Å².